The lowest BCUT2D eigenvalue weighted by Gasteiger charge is -2.12. The van der Waals surface area contributed by atoms with Gasteiger partial charge in [-0.05, 0) is 127 Å². The molecule has 0 heterocycles. The fraction of sp³-hybridized carbons (Fsp3) is 0.120. The van der Waals surface area contributed by atoms with Crippen molar-refractivity contribution < 1.29 is 14.3 Å². The Bertz CT molecular complexity index is 1180. The highest BCUT2D eigenvalue weighted by molar-refractivity contribution is 14.1. The number of methoxy groups -OCH3 is 1. The van der Waals surface area contributed by atoms with Crippen LogP contribution in [0.5, 0.6) is 11.5 Å². The minimum Gasteiger partial charge on any atom is -0.497 e. The Morgan fingerprint density at radius 2 is 1.61 bits per heavy atom. The standard InChI is InChI=1S/C25H19I3N2O3/c1-32-21-8-4-16(5-9-21)14-30-25(31)19(13-29)10-18-11-22(27)24(23(28)12-18)33-15-17-2-6-20(26)7-3-17/h2-12H,14-15H2,1H3,(H,30,31)/b19-10-. The lowest BCUT2D eigenvalue weighted by molar-refractivity contribution is -0.117. The van der Waals surface area contributed by atoms with Crippen molar-refractivity contribution >= 4 is 79.8 Å². The Morgan fingerprint density at radius 3 is 2.18 bits per heavy atom. The Kier molecular flexibility index (Phi) is 9.81. The van der Waals surface area contributed by atoms with Gasteiger partial charge in [-0.25, -0.2) is 0 Å². The molecule has 0 aliphatic carbocycles. The highest BCUT2D eigenvalue weighted by atomic mass is 127. The van der Waals surface area contributed by atoms with Gasteiger partial charge in [-0.1, -0.05) is 24.3 Å². The SMILES string of the molecule is COc1ccc(CNC(=O)/C(C#N)=C\c2cc(I)c(OCc3ccc(I)cc3)c(I)c2)cc1. The largest absolute Gasteiger partial charge is 0.497 e. The van der Waals surface area contributed by atoms with E-state index in [1.807, 2.05) is 66.7 Å². The average molecular weight is 776 g/mol. The van der Waals surface area contributed by atoms with Gasteiger partial charge in [-0.3, -0.25) is 4.79 Å². The summed E-state index contributed by atoms with van der Waals surface area (Å²) in [5.41, 5.74) is 2.82. The summed E-state index contributed by atoms with van der Waals surface area (Å²) >= 11 is 6.70. The van der Waals surface area contributed by atoms with Crippen molar-refractivity contribution in [1.29, 1.82) is 5.26 Å². The maximum atomic E-state index is 12.5. The Morgan fingerprint density at radius 1 is 1.00 bits per heavy atom. The molecule has 168 valence electrons. The molecule has 0 saturated carbocycles. The summed E-state index contributed by atoms with van der Waals surface area (Å²) in [5.74, 6) is 1.12. The summed E-state index contributed by atoms with van der Waals surface area (Å²) in [7, 11) is 1.60. The summed E-state index contributed by atoms with van der Waals surface area (Å²) in [5, 5.41) is 12.3. The molecule has 1 N–H and O–H groups in total. The Hall–Kier alpha value is -1.85. The minimum absolute atomic E-state index is 0.0441. The van der Waals surface area contributed by atoms with Gasteiger partial charge in [-0.2, -0.15) is 5.26 Å². The second-order valence-corrected chi connectivity index (χ2v) is 10.5. The second-order valence-electron chi connectivity index (χ2n) is 6.93. The molecule has 3 aromatic carbocycles. The third-order valence-corrected chi connectivity index (χ3v) is 6.93. The van der Waals surface area contributed by atoms with E-state index in [0.29, 0.717) is 13.2 Å². The molecule has 33 heavy (non-hydrogen) atoms. The number of ether oxygens (including phenoxy) is 2. The van der Waals surface area contributed by atoms with E-state index in [9.17, 15) is 10.1 Å². The first-order valence-electron chi connectivity index (χ1n) is 9.79. The predicted molar refractivity (Wildman–Crippen MR) is 154 cm³/mol. The van der Waals surface area contributed by atoms with Crippen LogP contribution >= 0.6 is 67.8 Å². The van der Waals surface area contributed by atoms with Crippen LogP contribution in [0.3, 0.4) is 0 Å². The van der Waals surface area contributed by atoms with Crippen LogP contribution < -0.4 is 14.8 Å². The van der Waals surface area contributed by atoms with Crippen molar-refractivity contribution in [2.45, 2.75) is 13.2 Å². The number of halogens is 3. The molecule has 0 aliphatic heterocycles. The molecule has 1 amide bonds. The van der Waals surface area contributed by atoms with Gasteiger partial charge in [0.25, 0.3) is 5.91 Å². The summed E-state index contributed by atoms with van der Waals surface area (Å²) in [6, 6.07) is 21.4. The molecule has 3 rings (SSSR count). The Labute approximate surface area is 234 Å². The zero-order chi connectivity index (χ0) is 23.8. The number of hydrogen-bond acceptors (Lipinski definition) is 4. The quantitative estimate of drug-likeness (QED) is 0.166. The van der Waals surface area contributed by atoms with Crippen LogP contribution in [0.2, 0.25) is 0 Å². The molecule has 0 spiro atoms. The number of rotatable bonds is 8. The predicted octanol–water partition coefficient (Wildman–Crippen LogP) is 6.31. The maximum Gasteiger partial charge on any atom is 0.262 e. The van der Waals surface area contributed by atoms with Gasteiger partial charge < -0.3 is 14.8 Å². The van der Waals surface area contributed by atoms with Crippen LogP contribution in [0.25, 0.3) is 6.08 Å². The summed E-state index contributed by atoms with van der Waals surface area (Å²) < 4.78 is 14.2. The number of nitriles is 1. The van der Waals surface area contributed by atoms with Crippen LogP contribution in [0, 0.1) is 22.0 Å². The number of nitrogens with one attached hydrogen (secondary N) is 1. The smallest absolute Gasteiger partial charge is 0.262 e. The van der Waals surface area contributed by atoms with Crippen molar-refractivity contribution in [2.24, 2.45) is 0 Å². The van der Waals surface area contributed by atoms with Crippen LogP contribution in [-0.2, 0) is 17.9 Å². The van der Waals surface area contributed by atoms with E-state index in [2.05, 4.69) is 73.1 Å². The van der Waals surface area contributed by atoms with Crippen molar-refractivity contribution in [3.05, 3.63) is 93.6 Å². The van der Waals surface area contributed by atoms with Gasteiger partial charge >= 0.3 is 0 Å². The van der Waals surface area contributed by atoms with E-state index in [-0.39, 0.29) is 5.57 Å². The molecular weight excluding hydrogens is 757 g/mol. The third kappa shape index (κ3) is 7.58. The number of nitrogens with zero attached hydrogens (tertiary/aromatic N) is 1. The van der Waals surface area contributed by atoms with E-state index < -0.39 is 5.91 Å². The zero-order valence-corrected chi connectivity index (χ0v) is 24.0. The lowest BCUT2D eigenvalue weighted by atomic mass is 10.1. The van der Waals surface area contributed by atoms with Crippen molar-refractivity contribution in [2.75, 3.05) is 7.11 Å². The van der Waals surface area contributed by atoms with Gasteiger partial charge in [0.15, 0.2) is 0 Å². The number of benzene rings is 3. The first-order chi connectivity index (χ1) is 15.9. The van der Waals surface area contributed by atoms with Crippen LogP contribution in [0.15, 0.2) is 66.2 Å². The van der Waals surface area contributed by atoms with Crippen molar-refractivity contribution in [1.82, 2.24) is 5.32 Å². The number of carbonyl (C=O) groups is 1. The minimum atomic E-state index is -0.419. The Balaban J connectivity index is 1.68. The van der Waals surface area contributed by atoms with E-state index in [4.69, 9.17) is 9.47 Å². The number of hydrogen-bond donors (Lipinski definition) is 1. The van der Waals surface area contributed by atoms with Crippen LogP contribution in [-0.4, -0.2) is 13.0 Å². The summed E-state index contributed by atoms with van der Waals surface area (Å²) in [6.45, 7) is 0.789. The van der Waals surface area contributed by atoms with Gasteiger partial charge in [0.2, 0.25) is 0 Å². The van der Waals surface area contributed by atoms with Gasteiger partial charge in [0.05, 0.1) is 14.3 Å². The lowest BCUT2D eigenvalue weighted by Crippen LogP contribution is -2.23. The molecule has 0 aliphatic rings. The van der Waals surface area contributed by atoms with Gasteiger partial charge in [0, 0.05) is 10.1 Å². The molecule has 5 nitrogen and oxygen atoms in total. The van der Waals surface area contributed by atoms with E-state index in [1.54, 1.807) is 13.2 Å². The highest BCUT2D eigenvalue weighted by Crippen LogP contribution is 2.30. The average Bonchev–Trinajstić information content (AvgIpc) is 2.82. The highest BCUT2D eigenvalue weighted by Gasteiger charge is 2.12. The summed E-state index contributed by atoms with van der Waals surface area (Å²) in [6.07, 6.45) is 1.59. The summed E-state index contributed by atoms with van der Waals surface area (Å²) in [4.78, 5) is 12.5. The molecule has 0 atom stereocenters. The van der Waals surface area contributed by atoms with E-state index >= 15 is 0 Å². The van der Waals surface area contributed by atoms with Crippen LogP contribution in [0.1, 0.15) is 16.7 Å². The normalized spacial score (nSPS) is 10.9. The fourth-order valence-corrected chi connectivity index (χ4v) is 5.36. The number of carbonyl (C=O) groups excluding carboxylic acids is 1. The molecule has 3 aromatic rings. The maximum absolute atomic E-state index is 12.5. The van der Waals surface area contributed by atoms with Gasteiger partial charge in [-0.15, -0.1) is 0 Å². The molecule has 0 aromatic heterocycles. The van der Waals surface area contributed by atoms with E-state index in [0.717, 1.165) is 35.3 Å². The third-order valence-electron chi connectivity index (χ3n) is 4.61. The molecule has 0 bridgehead atoms. The van der Waals surface area contributed by atoms with E-state index in [1.165, 1.54) is 3.57 Å². The number of amides is 1. The second kappa shape index (κ2) is 12.6. The molecule has 0 radical (unpaired) electrons. The van der Waals surface area contributed by atoms with Crippen molar-refractivity contribution in [3.8, 4) is 17.6 Å². The fourth-order valence-electron chi connectivity index (χ4n) is 2.87. The van der Waals surface area contributed by atoms with Gasteiger partial charge in [0.1, 0.15) is 29.7 Å². The van der Waals surface area contributed by atoms with Crippen molar-refractivity contribution in [3.63, 3.8) is 0 Å². The topological polar surface area (TPSA) is 71.3 Å². The molecule has 0 saturated heterocycles. The monoisotopic (exact) mass is 776 g/mol. The molecule has 0 unspecified atom stereocenters. The first-order valence-corrected chi connectivity index (χ1v) is 13.0. The molecule has 8 heteroatoms. The zero-order valence-electron chi connectivity index (χ0n) is 17.6. The first kappa shape index (κ1) is 25.8. The van der Waals surface area contributed by atoms with Crippen LogP contribution in [0.4, 0.5) is 0 Å². The molecular formula is C25H19I3N2O3. The molecule has 0 fully saturated rings.